The fourth-order valence-corrected chi connectivity index (χ4v) is 4.49. The number of benzene rings is 2. The van der Waals surface area contributed by atoms with Crippen LogP contribution in [0.15, 0.2) is 41.4 Å². The summed E-state index contributed by atoms with van der Waals surface area (Å²) < 4.78 is 39.5. The number of hydrogen-bond donors (Lipinski definition) is 1. The molecule has 0 saturated carbocycles. The van der Waals surface area contributed by atoms with Crippen molar-refractivity contribution in [3.05, 3.63) is 53.6 Å². The molecule has 8 heteroatoms. The van der Waals surface area contributed by atoms with Crippen molar-refractivity contribution >= 4 is 5.96 Å². The molecule has 2 aromatic carbocycles. The van der Waals surface area contributed by atoms with Crippen molar-refractivity contribution < 1.29 is 23.1 Å². The first kappa shape index (κ1) is 19.3. The zero-order chi connectivity index (χ0) is 20.9. The maximum atomic E-state index is 13.8. The molecule has 158 valence electrons. The summed E-state index contributed by atoms with van der Waals surface area (Å²) in [5.74, 6) is -0.144. The molecule has 0 bridgehead atoms. The molecule has 3 atom stereocenters. The quantitative estimate of drug-likeness (QED) is 0.812. The largest absolute Gasteiger partial charge is 0.489 e. The third-order valence-electron chi connectivity index (χ3n) is 5.98. The van der Waals surface area contributed by atoms with E-state index in [1.807, 2.05) is 6.07 Å². The second kappa shape index (κ2) is 7.21. The van der Waals surface area contributed by atoms with Crippen molar-refractivity contribution in [3.8, 4) is 16.9 Å². The molecule has 3 aliphatic heterocycles. The van der Waals surface area contributed by atoms with E-state index in [0.29, 0.717) is 35.5 Å². The normalized spacial score (nSPS) is 28.2. The molecule has 0 aliphatic carbocycles. The maximum Gasteiger partial charge on any atom is 0.221 e. The molecule has 2 N–H and O–H groups in total. The predicted molar refractivity (Wildman–Crippen MR) is 107 cm³/mol. The van der Waals surface area contributed by atoms with Gasteiger partial charge in [-0.15, -0.1) is 0 Å². The molecular formula is C22H23F2N3O3. The van der Waals surface area contributed by atoms with E-state index < -0.39 is 17.4 Å². The predicted octanol–water partition coefficient (Wildman–Crippen LogP) is 3.55. The molecule has 0 amide bonds. The Kier molecular flexibility index (Phi) is 4.63. The third kappa shape index (κ3) is 3.30. The Bertz CT molecular complexity index is 989. The van der Waals surface area contributed by atoms with Gasteiger partial charge in [0.1, 0.15) is 23.5 Å². The van der Waals surface area contributed by atoms with Gasteiger partial charge in [0.25, 0.3) is 0 Å². The number of nitrogens with two attached hydrogens (primary N) is 1. The van der Waals surface area contributed by atoms with Crippen LogP contribution in [0.1, 0.15) is 24.8 Å². The number of hydrogen-bond acceptors (Lipinski definition) is 6. The fraction of sp³-hybridized carbons (Fsp3) is 0.409. The van der Waals surface area contributed by atoms with Gasteiger partial charge in [0, 0.05) is 32.1 Å². The van der Waals surface area contributed by atoms with Crippen LogP contribution in [-0.2, 0) is 15.3 Å². The zero-order valence-corrected chi connectivity index (χ0v) is 16.6. The van der Waals surface area contributed by atoms with Crippen LogP contribution >= 0.6 is 0 Å². The Labute approximate surface area is 173 Å². The molecule has 6 nitrogen and oxygen atoms in total. The average Bonchev–Trinajstić information content (AvgIpc) is 3.01. The zero-order valence-electron chi connectivity index (χ0n) is 16.6. The first-order chi connectivity index (χ1) is 14.4. The number of fused-ring (bicyclic) bond motifs is 2. The van der Waals surface area contributed by atoms with Crippen molar-refractivity contribution in [2.24, 2.45) is 16.6 Å². The average molecular weight is 415 g/mol. The Morgan fingerprint density at radius 3 is 2.60 bits per heavy atom. The van der Waals surface area contributed by atoms with Gasteiger partial charge in [0.15, 0.2) is 0 Å². The summed E-state index contributed by atoms with van der Waals surface area (Å²) in [4.78, 5) is 10.8. The molecule has 2 aromatic rings. The van der Waals surface area contributed by atoms with Crippen molar-refractivity contribution in [3.63, 3.8) is 0 Å². The number of hydroxylamine groups is 2. The summed E-state index contributed by atoms with van der Waals surface area (Å²) in [6, 6.07) is 8.84. The number of aliphatic imine (C=N–C) groups is 1. The van der Waals surface area contributed by atoms with Gasteiger partial charge in [-0.2, -0.15) is 0 Å². The Morgan fingerprint density at radius 1 is 1.13 bits per heavy atom. The minimum Gasteiger partial charge on any atom is -0.489 e. The molecule has 0 aromatic heterocycles. The van der Waals surface area contributed by atoms with Crippen LogP contribution < -0.4 is 10.5 Å². The molecule has 0 radical (unpaired) electrons. The lowest BCUT2D eigenvalue weighted by atomic mass is 9.84. The first-order valence-corrected chi connectivity index (χ1v) is 10.1. The molecule has 3 aliphatic rings. The SMILES string of the molecule is CN1O[C@]2(C[C@H]([C@@H]3CCCOC3)Oc3ccc(-c4cc(F)cc(F)c4)cc32)N=C1N. The van der Waals surface area contributed by atoms with Gasteiger partial charge in [0.05, 0.1) is 12.2 Å². The van der Waals surface area contributed by atoms with Crippen LogP contribution in [0.4, 0.5) is 8.78 Å². The van der Waals surface area contributed by atoms with Gasteiger partial charge in [-0.3, -0.25) is 0 Å². The van der Waals surface area contributed by atoms with E-state index in [-0.39, 0.29) is 18.0 Å². The molecule has 1 saturated heterocycles. The lowest BCUT2D eigenvalue weighted by Gasteiger charge is -2.41. The summed E-state index contributed by atoms with van der Waals surface area (Å²) >= 11 is 0. The molecular weight excluding hydrogens is 392 g/mol. The highest BCUT2D eigenvalue weighted by molar-refractivity contribution is 5.79. The van der Waals surface area contributed by atoms with E-state index in [1.54, 1.807) is 19.2 Å². The number of nitrogens with zero attached hydrogens (tertiary/aromatic N) is 2. The van der Waals surface area contributed by atoms with Gasteiger partial charge >= 0.3 is 0 Å². The van der Waals surface area contributed by atoms with Crippen molar-refractivity contribution in [1.29, 1.82) is 0 Å². The molecule has 0 unspecified atom stereocenters. The second-order valence-corrected chi connectivity index (χ2v) is 8.05. The molecule has 5 rings (SSSR count). The van der Waals surface area contributed by atoms with Crippen molar-refractivity contribution in [1.82, 2.24) is 5.06 Å². The van der Waals surface area contributed by atoms with Gasteiger partial charge in [0.2, 0.25) is 11.7 Å². The van der Waals surface area contributed by atoms with Crippen molar-refractivity contribution in [2.75, 3.05) is 20.3 Å². The summed E-state index contributed by atoms with van der Waals surface area (Å²) in [6.07, 6.45) is 2.32. The molecule has 1 fully saturated rings. The van der Waals surface area contributed by atoms with Gasteiger partial charge in [-0.25, -0.2) is 23.7 Å². The number of ether oxygens (including phenoxy) is 2. The van der Waals surface area contributed by atoms with E-state index in [1.165, 1.54) is 17.2 Å². The summed E-state index contributed by atoms with van der Waals surface area (Å²) in [7, 11) is 1.70. The Morgan fingerprint density at radius 2 is 1.93 bits per heavy atom. The standard InChI is InChI=1S/C22H23F2N3O3/c1-27-21(25)26-22(30-27)11-20(14-3-2-6-28-12-14)29-19-5-4-13(9-18(19)22)15-7-16(23)10-17(24)8-15/h4-5,7-10,14,20H,2-3,6,11-12H2,1H3,(H2,25,26)/t14-,20-,22+/m1/s1. The van der Waals surface area contributed by atoms with E-state index in [0.717, 1.165) is 25.5 Å². The molecule has 3 heterocycles. The van der Waals surface area contributed by atoms with Gasteiger partial charge in [-0.05, 0) is 48.2 Å². The van der Waals surface area contributed by atoms with Crippen LogP contribution in [0.3, 0.4) is 0 Å². The highest BCUT2D eigenvalue weighted by Gasteiger charge is 2.50. The van der Waals surface area contributed by atoms with Gasteiger partial charge in [-0.1, -0.05) is 6.07 Å². The first-order valence-electron chi connectivity index (χ1n) is 10.1. The molecule has 1 spiro atoms. The monoisotopic (exact) mass is 415 g/mol. The second-order valence-electron chi connectivity index (χ2n) is 8.05. The lowest BCUT2D eigenvalue weighted by Crippen LogP contribution is -2.44. The van der Waals surface area contributed by atoms with E-state index in [9.17, 15) is 8.78 Å². The number of rotatable bonds is 2. The minimum atomic E-state index is -1.05. The Balaban J connectivity index is 1.58. The van der Waals surface area contributed by atoms with Crippen LogP contribution in [-0.4, -0.2) is 37.4 Å². The highest BCUT2D eigenvalue weighted by Crippen LogP contribution is 2.48. The topological polar surface area (TPSA) is 69.3 Å². The maximum absolute atomic E-state index is 13.8. The number of halogens is 2. The van der Waals surface area contributed by atoms with E-state index in [2.05, 4.69) is 4.99 Å². The van der Waals surface area contributed by atoms with Gasteiger partial charge < -0.3 is 15.2 Å². The van der Waals surface area contributed by atoms with Crippen LogP contribution in [0.25, 0.3) is 11.1 Å². The lowest BCUT2D eigenvalue weighted by molar-refractivity contribution is -0.196. The van der Waals surface area contributed by atoms with Crippen molar-refractivity contribution in [2.45, 2.75) is 31.1 Å². The fourth-order valence-electron chi connectivity index (χ4n) is 4.49. The third-order valence-corrected chi connectivity index (χ3v) is 5.98. The van der Waals surface area contributed by atoms with Crippen LogP contribution in [0, 0.1) is 17.6 Å². The smallest absolute Gasteiger partial charge is 0.221 e. The summed E-state index contributed by atoms with van der Waals surface area (Å²) in [5.41, 5.74) is 6.75. The summed E-state index contributed by atoms with van der Waals surface area (Å²) in [5, 5.41) is 1.44. The number of guanidine groups is 1. The van der Waals surface area contributed by atoms with Crippen LogP contribution in [0.2, 0.25) is 0 Å². The minimum absolute atomic E-state index is 0.140. The van der Waals surface area contributed by atoms with Crippen LogP contribution in [0.5, 0.6) is 5.75 Å². The summed E-state index contributed by atoms with van der Waals surface area (Å²) in [6.45, 7) is 1.40. The van der Waals surface area contributed by atoms with E-state index >= 15 is 0 Å². The highest BCUT2D eigenvalue weighted by atomic mass is 19.1. The Hall–Kier alpha value is -2.71. The van der Waals surface area contributed by atoms with E-state index in [4.69, 9.17) is 20.0 Å². The molecule has 30 heavy (non-hydrogen) atoms.